The number of halogens is 1. The van der Waals surface area contributed by atoms with Crippen LogP contribution in [-0.2, 0) is 17.6 Å². The fraction of sp³-hybridized carbons (Fsp3) is 0.273. The highest BCUT2D eigenvalue weighted by Gasteiger charge is 2.20. The number of nitrogens with one attached hydrogen (secondary N) is 1. The Morgan fingerprint density at radius 1 is 1.10 bits per heavy atom. The summed E-state index contributed by atoms with van der Waals surface area (Å²) in [7, 11) is 0. The van der Waals surface area contributed by atoms with Crippen molar-refractivity contribution in [2.45, 2.75) is 30.6 Å². The zero-order valence-electron chi connectivity index (χ0n) is 15.7. The molecule has 0 saturated carbocycles. The number of benzene rings is 2. The van der Waals surface area contributed by atoms with Crippen LogP contribution in [0.2, 0.25) is 5.02 Å². The van der Waals surface area contributed by atoms with E-state index in [4.69, 9.17) is 26.1 Å². The summed E-state index contributed by atoms with van der Waals surface area (Å²) in [5.74, 6) is 1.60. The summed E-state index contributed by atoms with van der Waals surface area (Å²) in [6.45, 7) is 0.214. The number of rotatable bonds is 4. The Morgan fingerprint density at radius 3 is 2.90 bits per heavy atom. The maximum Gasteiger partial charge on any atom is 0.234 e. The van der Waals surface area contributed by atoms with Gasteiger partial charge in [-0.05, 0) is 61.6 Å². The first-order valence-electron chi connectivity index (χ1n) is 9.61. The fourth-order valence-corrected chi connectivity index (χ4v) is 5.06. The van der Waals surface area contributed by atoms with Crippen LogP contribution in [0, 0.1) is 0 Å². The molecule has 0 fully saturated rings. The number of thioether (sulfide) groups is 1. The van der Waals surface area contributed by atoms with Crippen molar-refractivity contribution >= 4 is 45.9 Å². The lowest BCUT2D eigenvalue weighted by Gasteiger charge is -2.20. The molecule has 2 aromatic carbocycles. The molecule has 0 spiro atoms. The molecule has 1 aliphatic carbocycles. The van der Waals surface area contributed by atoms with Gasteiger partial charge in [0.25, 0.3) is 0 Å². The zero-order chi connectivity index (χ0) is 19.8. The third kappa shape index (κ3) is 3.74. The first kappa shape index (κ1) is 18.6. The number of nitrogens with zero attached hydrogens (tertiary/aromatic N) is 1. The number of anilines is 1. The standard InChI is InChI=1S/C22H19ClN2O3S/c23-13-5-7-18-16(9-13)22(15-3-1-2-4-17(15)25-18)29-11-21(26)24-14-6-8-19-20(10-14)28-12-27-19/h5-10H,1-4,11-12H2,(H,24,26). The van der Waals surface area contributed by atoms with E-state index < -0.39 is 0 Å². The molecular formula is C22H19ClN2O3S. The molecule has 1 amide bonds. The van der Waals surface area contributed by atoms with Crippen molar-refractivity contribution in [2.24, 2.45) is 0 Å². The molecule has 0 radical (unpaired) electrons. The highest BCUT2D eigenvalue weighted by atomic mass is 35.5. The number of amides is 1. The van der Waals surface area contributed by atoms with E-state index in [2.05, 4.69) is 5.32 Å². The molecule has 0 bridgehead atoms. The lowest BCUT2D eigenvalue weighted by atomic mass is 9.94. The number of hydrogen-bond acceptors (Lipinski definition) is 5. The van der Waals surface area contributed by atoms with Crippen LogP contribution in [-0.4, -0.2) is 23.4 Å². The molecule has 148 valence electrons. The minimum absolute atomic E-state index is 0.0644. The van der Waals surface area contributed by atoms with Gasteiger partial charge in [-0.1, -0.05) is 11.6 Å². The number of ether oxygens (including phenoxy) is 2. The Hall–Kier alpha value is -2.44. The summed E-state index contributed by atoms with van der Waals surface area (Å²) in [5, 5.41) is 4.65. The van der Waals surface area contributed by atoms with E-state index in [9.17, 15) is 4.79 Å². The molecule has 2 aliphatic rings. The van der Waals surface area contributed by atoms with Gasteiger partial charge >= 0.3 is 0 Å². The minimum Gasteiger partial charge on any atom is -0.454 e. The Labute approximate surface area is 177 Å². The van der Waals surface area contributed by atoms with E-state index in [1.807, 2.05) is 24.3 Å². The average Bonchev–Trinajstić information content (AvgIpc) is 3.19. The van der Waals surface area contributed by atoms with Gasteiger partial charge in [-0.25, -0.2) is 0 Å². The van der Waals surface area contributed by atoms with Gasteiger partial charge in [0.1, 0.15) is 0 Å². The molecule has 1 aliphatic heterocycles. The van der Waals surface area contributed by atoms with Crippen LogP contribution < -0.4 is 14.8 Å². The van der Waals surface area contributed by atoms with E-state index in [1.54, 1.807) is 23.9 Å². The molecule has 2 heterocycles. The van der Waals surface area contributed by atoms with Crippen LogP contribution in [0.4, 0.5) is 5.69 Å². The quantitative estimate of drug-likeness (QED) is 0.579. The lowest BCUT2D eigenvalue weighted by molar-refractivity contribution is -0.113. The van der Waals surface area contributed by atoms with Crippen molar-refractivity contribution < 1.29 is 14.3 Å². The van der Waals surface area contributed by atoms with Gasteiger partial charge in [0.2, 0.25) is 12.7 Å². The second-order valence-electron chi connectivity index (χ2n) is 7.14. The number of aryl methyl sites for hydroxylation is 1. The van der Waals surface area contributed by atoms with Gasteiger partial charge in [-0.3, -0.25) is 9.78 Å². The maximum atomic E-state index is 12.6. The van der Waals surface area contributed by atoms with Gasteiger partial charge in [-0.2, -0.15) is 0 Å². The highest BCUT2D eigenvalue weighted by Crippen LogP contribution is 2.37. The van der Waals surface area contributed by atoms with Gasteiger partial charge < -0.3 is 14.8 Å². The van der Waals surface area contributed by atoms with Gasteiger partial charge in [0.05, 0.1) is 11.3 Å². The molecule has 1 N–H and O–H groups in total. The molecule has 0 unspecified atom stereocenters. The van der Waals surface area contributed by atoms with Crippen molar-refractivity contribution in [3.8, 4) is 11.5 Å². The van der Waals surface area contributed by atoms with E-state index in [0.717, 1.165) is 47.2 Å². The smallest absolute Gasteiger partial charge is 0.234 e. The van der Waals surface area contributed by atoms with Gasteiger partial charge in [0.15, 0.2) is 11.5 Å². The maximum absolute atomic E-state index is 12.6. The molecule has 0 saturated heterocycles. The van der Waals surface area contributed by atoms with E-state index >= 15 is 0 Å². The monoisotopic (exact) mass is 426 g/mol. The normalized spacial score (nSPS) is 14.7. The van der Waals surface area contributed by atoms with Crippen molar-refractivity contribution in [1.82, 2.24) is 4.98 Å². The SMILES string of the molecule is O=C(CSc1c2c(nc3ccc(Cl)cc13)CCCC2)Nc1ccc2c(c1)OCO2. The van der Waals surface area contributed by atoms with Crippen LogP contribution in [0.3, 0.4) is 0 Å². The summed E-state index contributed by atoms with van der Waals surface area (Å²) in [6, 6.07) is 11.2. The van der Waals surface area contributed by atoms with Crippen LogP contribution >= 0.6 is 23.4 Å². The molecule has 0 atom stereocenters. The summed E-state index contributed by atoms with van der Waals surface area (Å²) in [4.78, 5) is 18.6. The summed E-state index contributed by atoms with van der Waals surface area (Å²) < 4.78 is 10.7. The van der Waals surface area contributed by atoms with Crippen LogP contribution in [0.5, 0.6) is 11.5 Å². The topological polar surface area (TPSA) is 60.5 Å². The van der Waals surface area contributed by atoms with E-state index in [0.29, 0.717) is 28.0 Å². The largest absolute Gasteiger partial charge is 0.454 e. The average molecular weight is 427 g/mol. The van der Waals surface area contributed by atoms with Crippen molar-refractivity contribution in [3.05, 3.63) is 52.7 Å². The molecule has 5 rings (SSSR count). The molecule has 5 nitrogen and oxygen atoms in total. The Bertz CT molecular complexity index is 1120. The molecule has 7 heteroatoms. The van der Waals surface area contributed by atoms with Crippen molar-refractivity contribution in [1.29, 1.82) is 0 Å². The summed E-state index contributed by atoms with van der Waals surface area (Å²) >= 11 is 7.81. The summed E-state index contributed by atoms with van der Waals surface area (Å²) in [6.07, 6.45) is 4.30. The predicted octanol–water partition coefficient (Wildman–Crippen LogP) is 5.23. The Kier molecular flexibility index (Phi) is 4.97. The Morgan fingerprint density at radius 2 is 1.97 bits per heavy atom. The van der Waals surface area contributed by atoms with E-state index in [-0.39, 0.29) is 12.7 Å². The minimum atomic E-state index is -0.0644. The number of pyridine rings is 1. The predicted molar refractivity (Wildman–Crippen MR) is 115 cm³/mol. The molecule has 3 aromatic rings. The number of hydrogen-bond donors (Lipinski definition) is 1. The molecule has 1 aromatic heterocycles. The van der Waals surface area contributed by atoms with Gasteiger partial charge in [0, 0.05) is 32.8 Å². The second kappa shape index (κ2) is 7.76. The molecule has 29 heavy (non-hydrogen) atoms. The number of carbonyl (C=O) groups is 1. The van der Waals surface area contributed by atoms with E-state index in [1.165, 1.54) is 5.56 Å². The van der Waals surface area contributed by atoms with Crippen molar-refractivity contribution in [3.63, 3.8) is 0 Å². The molecular weight excluding hydrogens is 408 g/mol. The fourth-order valence-electron chi connectivity index (χ4n) is 3.83. The lowest BCUT2D eigenvalue weighted by Crippen LogP contribution is -2.15. The summed E-state index contributed by atoms with van der Waals surface area (Å²) in [5.41, 5.74) is 4.06. The first-order valence-corrected chi connectivity index (χ1v) is 11.0. The van der Waals surface area contributed by atoms with Crippen LogP contribution in [0.1, 0.15) is 24.1 Å². The number of fused-ring (bicyclic) bond motifs is 3. The Balaban J connectivity index is 1.38. The van der Waals surface area contributed by atoms with Gasteiger partial charge in [-0.15, -0.1) is 11.8 Å². The number of carbonyl (C=O) groups excluding carboxylic acids is 1. The second-order valence-corrected chi connectivity index (χ2v) is 8.56. The first-order chi connectivity index (χ1) is 14.2. The van der Waals surface area contributed by atoms with Crippen molar-refractivity contribution in [2.75, 3.05) is 17.9 Å². The third-order valence-corrected chi connectivity index (χ3v) is 6.57. The van der Waals surface area contributed by atoms with Crippen LogP contribution in [0.25, 0.3) is 10.9 Å². The van der Waals surface area contributed by atoms with Crippen LogP contribution in [0.15, 0.2) is 41.3 Å². The number of aromatic nitrogens is 1. The highest BCUT2D eigenvalue weighted by molar-refractivity contribution is 8.00. The zero-order valence-corrected chi connectivity index (χ0v) is 17.2. The third-order valence-electron chi connectivity index (χ3n) is 5.18.